The zero-order valence-corrected chi connectivity index (χ0v) is 17.2. The minimum absolute atomic E-state index is 0.0716. The third kappa shape index (κ3) is 3.90. The Morgan fingerprint density at radius 1 is 1.15 bits per heavy atom. The van der Waals surface area contributed by atoms with E-state index in [0.29, 0.717) is 5.92 Å². The lowest BCUT2D eigenvalue weighted by Gasteiger charge is -2.25. The van der Waals surface area contributed by atoms with Gasteiger partial charge < -0.3 is 0 Å². The highest BCUT2D eigenvalue weighted by molar-refractivity contribution is 7.18. The monoisotopic (exact) mass is 383 g/mol. The van der Waals surface area contributed by atoms with Crippen molar-refractivity contribution in [2.24, 2.45) is 5.92 Å². The molecule has 1 aliphatic rings. The number of aromatic nitrogens is 2. The van der Waals surface area contributed by atoms with Gasteiger partial charge in [-0.15, -0.1) is 11.3 Å². The SMILES string of the molecule is Cc1cc(C[C@@H]2CCN([C@H](C)c3cc4nc(C)sc4cc3F)C2)cc(C)n1. The number of benzene rings is 1. The zero-order chi connectivity index (χ0) is 19.1. The summed E-state index contributed by atoms with van der Waals surface area (Å²) < 4.78 is 15.6. The average molecular weight is 384 g/mol. The highest BCUT2D eigenvalue weighted by Crippen LogP contribution is 2.33. The van der Waals surface area contributed by atoms with E-state index >= 15 is 0 Å². The molecule has 0 bridgehead atoms. The molecular formula is C22H26FN3S. The van der Waals surface area contributed by atoms with Gasteiger partial charge in [-0.25, -0.2) is 9.37 Å². The number of likely N-dealkylation sites (tertiary alicyclic amines) is 1. The first-order chi connectivity index (χ1) is 12.9. The molecule has 3 heterocycles. The summed E-state index contributed by atoms with van der Waals surface area (Å²) in [7, 11) is 0. The van der Waals surface area contributed by atoms with Gasteiger partial charge in [-0.3, -0.25) is 9.88 Å². The van der Waals surface area contributed by atoms with Crippen LogP contribution < -0.4 is 0 Å². The van der Waals surface area contributed by atoms with Crippen molar-refractivity contribution in [2.75, 3.05) is 13.1 Å². The van der Waals surface area contributed by atoms with E-state index in [1.807, 2.05) is 13.0 Å². The molecule has 27 heavy (non-hydrogen) atoms. The largest absolute Gasteiger partial charge is 0.296 e. The molecule has 2 atom stereocenters. The van der Waals surface area contributed by atoms with E-state index in [2.05, 4.69) is 47.8 Å². The first-order valence-electron chi connectivity index (χ1n) is 9.64. The van der Waals surface area contributed by atoms with Crippen molar-refractivity contribution in [1.29, 1.82) is 0 Å². The fourth-order valence-corrected chi connectivity index (χ4v) is 5.18. The molecule has 4 rings (SSSR count). The van der Waals surface area contributed by atoms with E-state index < -0.39 is 0 Å². The van der Waals surface area contributed by atoms with Crippen LogP contribution in [0.5, 0.6) is 0 Å². The third-order valence-electron chi connectivity index (χ3n) is 5.59. The van der Waals surface area contributed by atoms with Gasteiger partial charge in [0.1, 0.15) is 5.82 Å². The Morgan fingerprint density at radius 2 is 1.89 bits per heavy atom. The maximum atomic E-state index is 14.7. The van der Waals surface area contributed by atoms with Crippen molar-refractivity contribution < 1.29 is 4.39 Å². The summed E-state index contributed by atoms with van der Waals surface area (Å²) in [5.41, 5.74) is 5.22. The van der Waals surface area contributed by atoms with Gasteiger partial charge in [0.15, 0.2) is 0 Å². The van der Waals surface area contributed by atoms with E-state index in [1.54, 1.807) is 17.4 Å². The molecule has 0 spiro atoms. The number of fused-ring (bicyclic) bond motifs is 1. The summed E-state index contributed by atoms with van der Waals surface area (Å²) >= 11 is 1.55. The van der Waals surface area contributed by atoms with Crippen molar-refractivity contribution in [3.05, 3.63) is 57.6 Å². The van der Waals surface area contributed by atoms with Crippen LogP contribution in [-0.2, 0) is 6.42 Å². The van der Waals surface area contributed by atoms with Gasteiger partial charge in [0.05, 0.1) is 15.2 Å². The van der Waals surface area contributed by atoms with Crippen molar-refractivity contribution >= 4 is 21.6 Å². The van der Waals surface area contributed by atoms with Crippen LogP contribution in [0.15, 0.2) is 24.3 Å². The van der Waals surface area contributed by atoms with Crippen molar-refractivity contribution in [1.82, 2.24) is 14.9 Å². The van der Waals surface area contributed by atoms with Crippen LogP contribution in [0.3, 0.4) is 0 Å². The van der Waals surface area contributed by atoms with Gasteiger partial charge in [0, 0.05) is 29.5 Å². The van der Waals surface area contributed by atoms with Crippen LogP contribution >= 0.6 is 11.3 Å². The molecule has 0 amide bonds. The fraction of sp³-hybridized carbons (Fsp3) is 0.455. The number of hydrogen-bond acceptors (Lipinski definition) is 4. The summed E-state index contributed by atoms with van der Waals surface area (Å²) in [6.45, 7) is 10.2. The Kier molecular flexibility index (Phi) is 4.99. The van der Waals surface area contributed by atoms with E-state index in [-0.39, 0.29) is 11.9 Å². The lowest BCUT2D eigenvalue weighted by molar-refractivity contribution is 0.247. The van der Waals surface area contributed by atoms with Crippen molar-refractivity contribution in [3.63, 3.8) is 0 Å². The summed E-state index contributed by atoms with van der Waals surface area (Å²) in [6.07, 6.45) is 2.23. The van der Waals surface area contributed by atoms with Crippen LogP contribution in [0, 0.1) is 32.5 Å². The van der Waals surface area contributed by atoms with Crippen LogP contribution in [-0.4, -0.2) is 28.0 Å². The van der Waals surface area contributed by atoms with Gasteiger partial charge in [-0.1, -0.05) is 0 Å². The molecule has 3 nitrogen and oxygen atoms in total. The van der Waals surface area contributed by atoms with Gasteiger partial charge in [0.2, 0.25) is 0 Å². The van der Waals surface area contributed by atoms with Crippen molar-refractivity contribution in [3.8, 4) is 0 Å². The Morgan fingerprint density at radius 3 is 2.63 bits per heavy atom. The van der Waals surface area contributed by atoms with Gasteiger partial charge >= 0.3 is 0 Å². The van der Waals surface area contributed by atoms with Gasteiger partial charge in [0.25, 0.3) is 0 Å². The molecule has 0 saturated carbocycles. The van der Waals surface area contributed by atoms with E-state index in [0.717, 1.165) is 58.1 Å². The molecule has 5 heteroatoms. The molecule has 3 aromatic rings. The number of rotatable bonds is 4. The minimum Gasteiger partial charge on any atom is -0.296 e. The molecule has 142 valence electrons. The molecular weight excluding hydrogens is 357 g/mol. The Labute approximate surface area is 164 Å². The van der Waals surface area contributed by atoms with E-state index in [1.165, 1.54) is 5.56 Å². The van der Waals surface area contributed by atoms with E-state index in [4.69, 9.17) is 0 Å². The second-order valence-corrected chi connectivity index (χ2v) is 9.10. The topological polar surface area (TPSA) is 29.0 Å². The maximum absolute atomic E-state index is 14.7. The molecule has 2 aromatic heterocycles. The highest BCUT2D eigenvalue weighted by atomic mass is 32.1. The number of thiazole rings is 1. The number of hydrogen-bond donors (Lipinski definition) is 0. The summed E-state index contributed by atoms with van der Waals surface area (Å²) in [5, 5.41) is 0.985. The normalized spacial score (nSPS) is 19.1. The first kappa shape index (κ1) is 18.5. The zero-order valence-electron chi connectivity index (χ0n) is 16.4. The molecule has 1 saturated heterocycles. The maximum Gasteiger partial charge on any atom is 0.129 e. The van der Waals surface area contributed by atoms with Crippen molar-refractivity contribution in [2.45, 2.75) is 46.6 Å². The highest BCUT2D eigenvalue weighted by Gasteiger charge is 2.28. The predicted octanol–water partition coefficient (Wildman–Crippen LogP) is 5.38. The molecule has 0 radical (unpaired) electrons. The standard InChI is InChI=1S/C22H26FN3S/c1-13-7-18(8-14(2)24-13)9-17-5-6-26(12-17)15(3)19-10-21-22(11-20(19)23)27-16(4)25-21/h7-8,10-11,15,17H,5-6,9,12H2,1-4H3/t15-,17+/m1/s1. The molecule has 1 fully saturated rings. The number of aryl methyl sites for hydroxylation is 3. The molecule has 1 aliphatic heterocycles. The van der Waals surface area contributed by atoms with Crippen LogP contribution in [0.1, 0.15) is 46.9 Å². The fourth-order valence-electron chi connectivity index (χ4n) is 4.35. The summed E-state index contributed by atoms with van der Waals surface area (Å²) in [5.74, 6) is 0.504. The molecule has 0 unspecified atom stereocenters. The molecule has 0 N–H and O–H groups in total. The van der Waals surface area contributed by atoms with Gasteiger partial charge in [-0.05, 0) is 82.8 Å². The average Bonchev–Trinajstić information content (AvgIpc) is 3.18. The minimum atomic E-state index is -0.109. The van der Waals surface area contributed by atoms with Crippen LogP contribution in [0.25, 0.3) is 10.2 Å². The number of halogens is 1. The predicted molar refractivity (Wildman–Crippen MR) is 110 cm³/mol. The third-order valence-corrected chi connectivity index (χ3v) is 6.53. The summed E-state index contributed by atoms with van der Waals surface area (Å²) in [6, 6.07) is 8.06. The molecule has 1 aromatic carbocycles. The molecule has 0 aliphatic carbocycles. The lowest BCUT2D eigenvalue weighted by Crippen LogP contribution is -2.25. The Balaban J connectivity index is 1.49. The Hall–Kier alpha value is -1.85. The van der Waals surface area contributed by atoms with Crippen LogP contribution in [0.4, 0.5) is 4.39 Å². The Bertz CT molecular complexity index is 961. The quantitative estimate of drug-likeness (QED) is 0.605. The lowest BCUT2D eigenvalue weighted by atomic mass is 9.98. The van der Waals surface area contributed by atoms with Crippen LogP contribution in [0.2, 0.25) is 0 Å². The number of pyridine rings is 1. The second-order valence-electron chi connectivity index (χ2n) is 7.86. The smallest absolute Gasteiger partial charge is 0.129 e. The summed E-state index contributed by atoms with van der Waals surface area (Å²) in [4.78, 5) is 11.4. The van der Waals surface area contributed by atoms with E-state index in [9.17, 15) is 4.39 Å². The van der Waals surface area contributed by atoms with Gasteiger partial charge in [-0.2, -0.15) is 0 Å². The first-order valence-corrected chi connectivity index (χ1v) is 10.5. The second kappa shape index (κ2) is 7.28. The number of nitrogens with zero attached hydrogens (tertiary/aromatic N) is 3.